The molecule has 0 saturated carbocycles. The maximum atomic E-state index is 4.75. The highest BCUT2D eigenvalue weighted by Crippen LogP contribution is 2.33. The minimum Gasteiger partial charge on any atom is -0.352 e. The quantitative estimate of drug-likeness (QED) is 0.844. The number of piperidine rings is 1. The molecule has 0 aliphatic carbocycles. The number of hydrogen-bond acceptors (Lipinski definition) is 5. The molecule has 3 aliphatic rings. The average Bonchev–Trinajstić information content (AvgIpc) is 3.12. The van der Waals surface area contributed by atoms with Gasteiger partial charge in [0.1, 0.15) is 5.52 Å². The van der Waals surface area contributed by atoms with E-state index < -0.39 is 0 Å². The summed E-state index contributed by atoms with van der Waals surface area (Å²) in [5, 5.41) is 0. The number of imidazole rings is 1. The molecule has 2 unspecified atom stereocenters. The van der Waals surface area contributed by atoms with Crippen LogP contribution >= 0.6 is 0 Å². The summed E-state index contributed by atoms with van der Waals surface area (Å²) < 4.78 is 2.24. The fourth-order valence-electron chi connectivity index (χ4n) is 4.76. The Hall–Kier alpha value is -1.82. The van der Waals surface area contributed by atoms with Gasteiger partial charge in [-0.25, -0.2) is 9.97 Å². The number of hydrogen-bond donors (Lipinski definition) is 0. The molecule has 2 atom stereocenters. The van der Waals surface area contributed by atoms with Crippen LogP contribution in [-0.2, 0) is 0 Å². The number of nitrogens with zero attached hydrogens (tertiary/aromatic N) is 6. The predicted molar refractivity (Wildman–Crippen MR) is 95.8 cm³/mol. The van der Waals surface area contributed by atoms with Crippen molar-refractivity contribution in [3.8, 4) is 0 Å². The van der Waals surface area contributed by atoms with E-state index in [2.05, 4.69) is 32.3 Å². The first kappa shape index (κ1) is 14.5. The SMILES string of the molecule is CN1C2CCC1CN(c1nccn3c(N4CCCCC4)ncc13)C2. The molecule has 3 aliphatic heterocycles. The van der Waals surface area contributed by atoms with Crippen LogP contribution in [0.25, 0.3) is 5.52 Å². The molecule has 0 N–H and O–H groups in total. The summed E-state index contributed by atoms with van der Waals surface area (Å²) in [4.78, 5) is 17.0. The highest BCUT2D eigenvalue weighted by molar-refractivity contribution is 5.71. The number of anilines is 2. The number of likely N-dealkylation sites (N-methyl/N-ethyl adjacent to an activating group) is 1. The smallest absolute Gasteiger partial charge is 0.210 e. The Morgan fingerprint density at radius 3 is 2.46 bits per heavy atom. The molecule has 0 aromatic carbocycles. The van der Waals surface area contributed by atoms with Gasteiger partial charge < -0.3 is 9.80 Å². The minimum absolute atomic E-state index is 0.676. The van der Waals surface area contributed by atoms with Gasteiger partial charge in [0.2, 0.25) is 5.95 Å². The first-order valence-electron chi connectivity index (χ1n) is 9.35. The van der Waals surface area contributed by atoms with Crippen LogP contribution in [-0.4, -0.2) is 64.6 Å². The second kappa shape index (κ2) is 5.62. The highest BCUT2D eigenvalue weighted by atomic mass is 15.3. The maximum absolute atomic E-state index is 4.75. The Balaban J connectivity index is 1.50. The molecule has 5 heterocycles. The van der Waals surface area contributed by atoms with E-state index in [1.165, 1.54) is 32.1 Å². The molecular formula is C18H26N6. The number of aromatic nitrogens is 3. The van der Waals surface area contributed by atoms with E-state index in [-0.39, 0.29) is 0 Å². The van der Waals surface area contributed by atoms with E-state index >= 15 is 0 Å². The third kappa shape index (κ3) is 2.19. The first-order chi connectivity index (χ1) is 11.8. The fraction of sp³-hybridized carbons (Fsp3) is 0.667. The lowest BCUT2D eigenvalue weighted by Crippen LogP contribution is -2.52. The van der Waals surface area contributed by atoms with E-state index in [9.17, 15) is 0 Å². The molecule has 128 valence electrons. The van der Waals surface area contributed by atoms with Crippen molar-refractivity contribution < 1.29 is 0 Å². The molecule has 24 heavy (non-hydrogen) atoms. The summed E-state index contributed by atoms with van der Waals surface area (Å²) in [7, 11) is 2.28. The summed E-state index contributed by atoms with van der Waals surface area (Å²) in [5.41, 5.74) is 1.15. The number of rotatable bonds is 2. The molecular weight excluding hydrogens is 300 g/mol. The second-order valence-corrected chi connectivity index (χ2v) is 7.57. The van der Waals surface area contributed by atoms with E-state index in [0.717, 1.165) is 43.5 Å². The normalized spacial score (nSPS) is 28.0. The molecule has 2 bridgehead atoms. The molecule has 0 spiro atoms. The van der Waals surface area contributed by atoms with Gasteiger partial charge >= 0.3 is 0 Å². The van der Waals surface area contributed by atoms with Crippen molar-refractivity contribution in [2.75, 3.05) is 43.0 Å². The van der Waals surface area contributed by atoms with Crippen LogP contribution in [0.2, 0.25) is 0 Å². The zero-order valence-electron chi connectivity index (χ0n) is 14.4. The Bertz CT molecular complexity index is 720. The van der Waals surface area contributed by atoms with Crippen LogP contribution in [0, 0.1) is 0 Å². The minimum atomic E-state index is 0.676. The largest absolute Gasteiger partial charge is 0.352 e. The fourth-order valence-corrected chi connectivity index (χ4v) is 4.76. The lowest BCUT2D eigenvalue weighted by molar-refractivity contribution is 0.212. The average molecular weight is 326 g/mol. The molecule has 2 aromatic rings. The Morgan fingerprint density at radius 1 is 0.958 bits per heavy atom. The standard InChI is InChI=1S/C18H26N6/c1-21-14-5-6-15(21)13-23(12-14)17-16-11-20-18(24(16)10-7-19-17)22-8-3-2-4-9-22/h7,10-11,14-15H,2-6,8-9,12-13H2,1H3. The molecule has 3 fully saturated rings. The molecule has 0 amide bonds. The van der Waals surface area contributed by atoms with Crippen LogP contribution in [0.3, 0.4) is 0 Å². The van der Waals surface area contributed by atoms with Crippen molar-refractivity contribution in [2.45, 2.75) is 44.2 Å². The summed E-state index contributed by atoms with van der Waals surface area (Å²) in [6.07, 6.45) is 12.6. The molecule has 2 aromatic heterocycles. The van der Waals surface area contributed by atoms with Gasteiger partial charge in [0.25, 0.3) is 0 Å². The van der Waals surface area contributed by atoms with Gasteiger partial charge in [-0.1, -0.05) is 0 Å². The Labute approximate surface area is 143 Å². The zero-order chi connectivity index (χ0) is 16.1. The lowest BCUT2D eigenvalue weighted by Gasteiger charge is -2.39. The van der Waals surface area contributed by atoms with E-state index in [4.69, 9.17) is 9.97 Å². The van der Waals surface area contributed by atoms with Crippen molar-refractivity contribution in [3.63, 3.8) is 0 Å². The van der Waals surface area contributed by atoms with Gasteiger partial charge in [-0.15, -0.1) is 0 Å². The maximum Gasteiger partial charge on any atom is 0.210 e. The van der Waals surface area contributed by atoms with Gasteiger partial charge in [-0.05, 0) is 39.2 Å². The Morgan fingerprint density at radius 2 is 1.71 bits per heavy atom. The third-order valence-electron chi connectivity index (χ3n) is 6.20. The molecule has 5 rings (SSSR count). The topological polar surface area (TPSA) is 39.9 Å². The van der Waals surface area contributed by atoms with E-state index in [1.54, 1.807) is 0 Å². The summed E-state index contributed by atoms with van der Waals surface area (Å²) >= 11 is 0. The Kier molecular flexibility index (Phi) is 3.40. The van der Waals surface area contributed by atoms with Crippen LogP contribution in [0.5, 0.6) is 0 Å². The molecule has 6 heteroatoms. The van der Waals surface area contributed by atoms with Gasteiger partial charge in [-0.3, -0.25) is 9.30 Å². The van der Waals surface area contributed by atoms with Crippen LogP contribution in [0.1, 0.15) is 32.1 Å². The van der Waals surface area contributed by atoms with Crippen LogP contribution in [0.4, 0.5) is 11.8 Å². The summed E-state index contributed by atoms with van der Waals surface area (Å²) in [5.74, 6) is 2.20. The second-order valence-electron chi connectivity index (χ2n) is 7.57. The zero-order valence-corrected chi connectivity index (χ0v) is 14.4. The molecule has 3 saturated heterocycles. The van der Waals surface area contributed by atoms with Crippen molar-refractivity contribution >= 4 is 17.3 Å². The first-order valence-corrected chi connectivity index (χ1v) is 9.35. The highest BCUT2D eigenvalue weighted by Gasteiger charge is 2.38. The van der Waals surface area contributed by atoms with Crippen molar-refractivity contribution in [2.24, 2.45) is 0 Å². The van der Waals surface area contributed by atoms with Crippen LogP contribution < -0.4 is 9.80 Å². The van der Waals surface area contributed by atoms with Gasteiger partial charge in [0, 0.05) is 50.7 Å². The summed E-state index contributed by atoms with van der Waals surface area (Å²) in [6.45, 7) is 4.42. The van der Waals surface area contributed by atoms with Crippen molar-refractivity contribution in [1.29, 1.82) is 0 Å². The lowest BCUT2D eigenvalue weighted by atomic mass is 10.1. The van der Waals surface area contributed by atoms with E-state index in [0.29, 0.717) is 12.1 Å². The monoisotopic (exact) mass is 326 g/mol. The van der Waals surface area contributed by atoms with Crippen LogP contribution in [0.15, 0.2) is 18.6 Å². The van der Waals surface area contributed by atoms with Gasteiger partial charge in [0.05, 0.1) is 6.20 Å². The number of piperazine rings is 1. The van der Waals surface area contributed by atoms with E-state index in [1.807, 2.05) is 12.4 Å². The molecule has 6 nitrogen and oxygen atoms in total. The predicted octanol–water partition coefficient (Wildman–Crippen LogP) is 2.00. The van der Waals surface area contributed by atoms with Gasteiger partial charge in [-0.2, -0.15) is 0 Å². The number of fused-ring (bicyclic) bond motifs is 3. The van der Waals surface area contributed by atoms with Crippen molar-refractivity contribution in [1.82, 2.24) is 19.3 Å². The van der Waals surface area contributed by atoms with Crippen molar-refractivity contribution in [3.05, 3.63) is 18.6 Å². The van der Waals surface area contributed by atoms with Gasteiger partial charge in [0.15, 0.2) is 5.82 Å². The molecule has 0 radical (unpaired) electrons. The summed E-state index contributed by atoms with van der Waals surface area (Å²) in [6, 6.07) is 1.35. The third-order valence-corrected chi connectivity index (χ3v) is 6.20.